The average molecular weight is 272 g/mol. The number of aryl methyl sites for hydroxylation is 1. The van der Waals surface area contributed by atoms with E-state index < -0.39 is 0 Å². The third-order valence-corrected chi connectivity index (χ3v) is 3.65. The molecule has 6 heteroatoms. The fourth-order valence-corrected chi connectivity index (χ4v) is 2.64. The Morgan fingerprint density at radius 3 is 3.15 bits per heavy atom. The van der Waals surface area contributed by atoms with Crippen molar-refractivity contribution in [3.8, 4) is 0 Å². The number of aromatic nitrogens is 3. The van der Waals surface area contributed by atoms with E-state index in [4.69, 9.17) is 10.5 Å². The molecule has 2 N–H and O–H groups in total. The van der Waals surface area contributed by atoms with Gasteiger partial charge in [-0.2, -0.15) is 4.98 Å². The van der Waals surface area contributed by atoms with Crippen LogP contribution in [0.4, 0.5) is 5.95 Å². The highest BCUT2D eigenvalue weighted by Gasteiger charge is 2.23. The molecule has 1 aromatic heterocycles. The van der Waals surface area contributed by atoms with Crippen LogP contribution in [0.25, 0.3) is 0 Å². The summed E-state index contributed by atoms with van der Waals surface area (Å²) in [4.78, 5) is 15.8. The maximum Gasteiger partial charge on any atom is 0.337 e. The molecule has 1 aliphatic rings. The molecular weight excluding hydrogens is 256 g/mol. The Kier molecular flexibility index (Phi) is 3.14. The Morgan fingerprint density at radius 2 is 2.35 bits per heavy atom. The number of nitrogens with zero attached hydrogens (tertiary/aromatic N) is 3. The Hall–Kier alpha value is -2.37. The molecule has 1 aliphatic heterocycles. The van der Waals surface area contributed by atoms with E-state index >= 15 is 0 Å². The van der Waals surface area contributed by atoms with Gasteiger partial charge in [-0.1, -0.05) is 12.1 Å². The Balaban J connectivity index is 1.86. The SMILES string of the molecule is COC(=O)c1cccc(C2CCc3nc(N)nn3C2)c1. The number of anilines is 1. The third-order valence-electron chi connectivity index (χ3n) is 3.65. The maximum atomic E-state index is 11.6. The maximum absolute atomic E-state index is 11.6. The molecule has 1 unspecified atom stereocenters. The summed E-state index contributed by atoms with van der Waals surface area (Å²) in [5.74, 6) is 1.26. The number of methoxy groups -OCH3 is 1. The van der Waals surface area contributed by atoms with E-state index in [0.29, 0.717) is 17.4 Å². The number of nitrogens with two attached hydrogens (primary N) is 1. The van der Waals surface area contributed by atoms with E-state index in [-0.39, 0.29) is 5.97 Å². The molecule has 0 spiro atoms. The molecule has 104 valence electrons. The number of carbonyl (C=O) groups is 1. The number of esters is 1. The minimum atomic E-state index is -0.312. The van der Waals surface area contributed by atoms with Gasteiger partial charge in [-0.25, -0.2) is 9.48 Å². The summed E-state index contributed by atoms with van der Waals surface area (Å²) in [7, 11) is 1.39. The van der Waals surface area contributed by atoms with Gasteiger partial charge in [0, 0.05) is 18.9 Å². The van der Waals surface area contributed by atoms with E-state index in [9.17, 15) is 4.79 Å². The highest BCUT2D eigenvalue weighted by atomic mass is 16.5. The highest BCUT2D eigenvalue weighted by molar-refractivity contribution is 5.89. The predicted molar refractivity (Wildman–Crippen MR) is 73.3 cm³/mol. The zero-order chi connectivity index (χ0) is 14.1. The predicted octanol–water partition coefficient (Wildman–Crippen LogP) is 1.38. The van der Waals surface area contributed by atoms with Crippen LogP contribution >= 0.6 is 0 Å². The summed E-state index contributed by atoms with van der Waals surface area (Å²) in [6, 6.07) is 7.56. The van der Waals surface area contributed by atoms with Crippen molar-refractivity contribution in [3.05, 3.63) is 41.2 Å². The Labute approximate surface area is 116 Å². The monoisotopic (exact) mass is 272 g/mol. The van der Waals surface area contributed by atoms with Crippen LogP contribution in [0.3, 0.4) is 0 Å². The van der Waals surface area contributed by atoms with E-state index in [1.165, 1.54) is 7.11 Å². The first-order valence-corrected chi connectivity index (χ1v) is 6.55. The Morgan fingerprint density at radius 1 is 1.50 bits per heavy atom. The molecule has 0 radical (unpaired) electrons. The van der Waals surface area contributed by atoms with Crippen LogP contribution < -0.4 is 5.73 Å². The van der Waals surface area contributed by atoms with Crippen molar-refractivity contribution in [2.75, 3.05) is 12.8 Å². The van der Waals surface area contributed by atoms with Gasteiger partial charge in [-0.15, -0.1) is 5.10 Å². The zero-order valence-electron chi connectivity index (χ0n) is 11.2. The molecule has 0 amide bonds. The molecule has 20 heavy (non-hydrogen) atoms. The largest absolute Gasteiger partial charge is 0.465 e. The van der Waals surface area contributed by atoms with Crippen LogP contribution in [-0.4, -0.2) is 27.8 Å². The smallest absolute Gasteiger partial charge is 0.337 e. The first-order valence-electron chi connectivity index (χ1n) is 6.55. The van der Waals surface area contributed by atoms with Crippen LogP contribution in [0.1, 0.15) is 34.1 Å². The molecule has 6 nitrogen and oxygen atoms in total. The van der Waals surface area contributed by atoms with Crippen molar-refractivity contribution in [3.63, 3.8) is 0 Å². The van der Waals surface area contributed by atoms with Crippen molar-refractivity contribution < 1.29 is 9.53 Å². The number of hydrogen-bond acceptors (Lipinski definition) is 5. The van der Waals surface area contributed by atoms with Crippen molar-refractivity contribution in [1.82, 2.24) is 14.8 Å². The lowest BCUT2D eigenvalue weighted by Crippen LogP contribution is -2.20. The zero-order valence-corrected chi connectivity index (χ0v) is 11.2. The second kappa shape index (κ2) is 4.96. The number of nitrogen functional groups attached to an aromatic ring is 1. The summed E-state index contributed by atoms with van der Waals surface area (Å²) in [6.07, 6.45) is 1.82. The Bertz CT molecular complexity index is 650. The lowest BCUT2D eigenvalue weighted by atomic mass is 9.91. The standard InChI is InChI=1S/C14H16N4O2/c1-20-13(19)10-4-2-3-9(7-10)11-5-6-12-16-14(15)17-18(12)8-11/h2-4,7,11H,5-6,8H2,1H3,(H2,15,17). The van der Waals surface area contributed by atoms with E-state index in [0.717, 1.165) is 30.8 Å². The first-order chi connectivity index (χ1) is 9.67. The molecule has 0 saturated heterocycles. The molecule has 0 saturated carbocycles. The van der Waals surface area contributed by atoms with Crippen LogP contribution in [0, 0.1) is 0 Å². The van der Waals surface area contributed by atoms with Gasteiger partial charge in [-0.3, -0.25) is 0 Å². The third kappa shape index (κ3) is 2.24. The van der Waals surface area contributed by atoms with Gasteiger partial charge in [0.1, 0.15) is 5.82 Å². The van der Waals surface area contributed by atoms with Crippen molar-refractivity contribution in [2.45, 2.75) is 25.3 Å². The van der Waals surface area contributed by atoms with Gasteiger partial charge < -0.3 is 10.5 Å². The van der Waals surface area contributed by atoms with Crippen molar-refractivity contribution >= 4 is 11.9 Å². The van der Waals surface area contributed by atoms with Crippen molar-refractivity contribution in [2.24, 2.45) is 0 Å². The number of benzene rings is 1. The molecule has 0 aliphatic carbocycles. The summed E-state index contributed by atoms with van der Waals surface area (Å²) in [6.45, 7) is 0.740. The quantitative estimate of drug-likeness (QED) is 0.835. The molecule has 2 aromatic rings. The fraction of sp³-hybridized carbons (Fsp3) is 0.357. The van der Waals surface area contributed by atoms with Gasteiger partial charge >= 0.3 is 5.97 Å². The minimum Gasteiger partial charge on any atom is -0.465 e. The lowest BCUT2D eigenvalue weighted by Gasteiger charge is -2.23. The van der Waals surface area contributed by atoms with Gasteiger partial charge in [0.15, 0.2) is 0 Å². The van der Waals surface area contributed by atoms with Crippen LogP contribution in [0.2, 0.25) is 0 Å². The normalized spacial score (nSPS) is 17.6. The first kappa shape index (κ1) is 12.7. The van der Waals surface area contributed by atoms with E-state index in [1.54, 1.807) is 6.07 Å². The molecule has 0 bridgehead atoms. The second-order valence-electron chi connectivity index (χ2n) is 4.92. The summed E-state index contributed by atoms with van der Waals surface area (Å²) in [5.41, 5.74) is 7.32. The number of fused-ring (bicyclic) bond motifs is 1. The van der Waals surface area contributed by atoms with Gasteiger partial charge in [0.2, 0.25) is 5.95 Å². The molecule has 1 aromatic carbocycles. The van der Waals surface area contributed by atoms with Crippen molar-refractivity contribution in [1.29, 1.82) is 0 Å². The second-order valence-corrected chi connectivity index (χ2v) is 4.92. The topological polar surface area (TPSA) is 83.0 Å². The summed E-state index contributed by atoms with van der Waals surface area (Å²) in [5, 5.41) is 4.19. The van der Waals surface area contributed by atoms with Crippen LogP contribution in [0.15, 0.2) is 24.3 Å². The highest BCUT2D eigenvalue weighted by Crippen LogP contribution is 2.28. The minimum absolute atomic E-state index is 0.312. The fourth-order valence-electron chi connectivity index (χ4n) is 2.64. The summed E-state index contributed by atoms with van der Waals surface area (Å²) < 4.78 is 6.61. The molecule has 1 atom stereocenters. The number of rotatable bonds is 2. The number of carbonyl (C=O) groups excluding carboxylic acids is 1. The average Bonchev–Trinajstić information content (AvgIpc) is 2.85. The lowest BCUT2D eigenvalue weighted by molar-refractivity contribution is 0.0600. The molecule has 0 fully saturated rings. The van der Waals surface area contributed by atoms with Crippen LogP contribution in [-0.2, 0) is 17.7 Å². The molecule has 2 heterocycles. The summed E-state index contributed by atoms with van der Waals surface area (Å²) >= 11 is 0. The molecular formula is C14H16N4O2. The number of hydrogen-bond donors (Lipinski definition) is 1. The van der Waals surface area contributed by atoms with E-state index in [2.05, 4.69) is 10.1 Å². The number of ether oxygens (including phenoxy) is 1. The molecule has 3 rings (SSSR count). The van der Waals surface area contributed by atoms with E-state index in [1.807, 2.05) is 22.9 Å². The van der Waals surface area contributed by atoms with Gasteiger partial charge in [-0.05, 0) is 24.1 Å². The van der Waals surface area contributed by atoms with Gasteiger partial charge in [0.05, 0.1) is 12.7 Å². The van der Waals surface area contributed by atoms with Crippen LogP contribution in [0.5, 0.6) is 0 Å². The van der Waals surface area contributed by atoms with Gasteiger partial charge in [0.25, 0.3) is 0 Å².